The van der Waals surface area contributed by atoms with Gasteiger partial charge in [-0.05, 0) is 58.7 Å². The predicted molar refractivity (Wildman–Crippen MR) is 115 cm³/mol. The zero-order chi connectivity index (χ0) is 21.5. The fourth-order valence-corrected chi connectivity index (χ4v) is 4.57. The number of nitrogens with zero attached hydrogens (tertiary/aromatic N) is 3. The molecule has 30 heavy (non-hydrogen) atoms. The number of aromatic hydroxyl groups is 1. The predicted octanol–water partition coefficient (Wildman–Crippen LogP) is 4.10. The Morgan fingerprint density at radius 2 is 1.80 bits per heavy atom. The molecule has 0 amide bonds. The minimum atomic E-state index is -0.528. The molecule has 1 aliphatic heterocycles. The first-order chi connectivity index (χ1) is 14.1. The number of H-pyrrole nitrogens is 1. The molecule has 158 valence electrons. The fraction of sp³-hybridized carbons (Fsp3) is 0.409. The van der Waals surface area contributed by atoms with Crippen LogP contribution in [0.25, 0.3) is 22.4 Å². The monoisotopic (exact) mass is 410 g/mol. The van der Waals surface area contributed by atoms with Crippen LogP contribution in [-0.4, -0.2) is 42.6 Å². The highest BCUT2D eigenvalue weighted by Gasteiger charge is 2.37. The number of phenols is 1. The van der Waals surface area contributed by atoms with Gasteiger partial charge < -0.3 is 15.7 Å². The van der Waals surface area contributed by atoms with Gasteiger partial charge in [0.15, 0.2) is 0 Å². The molecule has 0 unspecified atom stereocenters. The van der Waals surface area contributed by atoms with Crippen molar-refractivity contribution in [3.8, 4) is 28.1 Å². The average molecular weight is 410 g/mol. The molecule has 0 spiro atoms. The second kappa shape index (κ2) is 7.36. The van der Waals surface area contributed by atoms with Gasteiger partial charge in [-0.2, -0.15) is 5.10 Å². The van der Waals surface area contributed by atoms with Crippen molar-refractivity contribution in [2.45, 2.75) is 57.7 Å². The van der Waals surface area contributed by atoms with Crippen molar-refractivity contribution in [3.63, 3.8) is 0 Å². The van der Waals surface area contributed by atoms with Gasteiger partial charge in [0.05, 0.1) is 11.9 Å². The molecule has 0 bridgehead atoms. The van der Waals surface area contributed by atoms with Crippen LogP contribution >= 0.6 is 0 Å². The fourth-order valence-electron chi connectivity index (χ4n) is 4.57. The summed E-state index contributed by atoms with van der Waals surface area (Å²) < 4.78 is 14.3. The number of nitrogens with one attached hydrogen (secondary N) is 3. The van der Waals surface area contributed by atoms with Gasteiger partial charge in [0.25, 0.3) is 0 Å². The normalized spacial score (nSPS) is 18.3. The molecule has 7 nitrogen and oxygen atoms in total. The molecule has 1 aromatic carbocycles. The van der Waals surface area contributed by atoms with Crippen molar-refractivity contribution < 1.29 is 9.50 Å². The quantitative estimate of drug-likeness (QED) is 0.517. The summed E-state index contributed by atoms with van der Waals surface area (Å²) >= 11 is 0. The van der Waals surface area contributed by atoms with Crippen LogP contribution in [-0.2, 0) is 0 Å². The number of hydrogen-bond acceptors (Lipinski definition) is 6. The zero-order valence-corrected chi connectivity index (χ0v) is 17.6. The van der Waals surface area contributed by atoms with Gasteiger partial charge >= 0.3 is 0 Å². The van der Waals surface area contributed by atoms with Crippen LogP contribution < -0.4 is 10.6 Å². The maximum atomic E-state index is 14.3. The van der Waals surface area contributed by atoms with Crippen molar-refractivity contribution in [1.82, 2.24) is 25.7 Å². The number of aromatic nitrogens is 4. The van der Waals surface area contributed by atoms with Crippen molar-refractivity contribution in [2.75, 3.05) is 5.32 Å². The lowest BCUT2D eigenvalue weighted by molar-refractivity contribution is 0.170. The van der Waals surface area contributed by atoms with E-state index in [1.807, 2.05) is 6.07 Å². The van der Waals surface area contributed by atoms with Crippen LogP contribution in [0.15, 0.2) is 36.7 Å². The summed E-state index contributed by atoms with van der Waals surface area (Å²) in [6.45, 7) is 8.80. The smallest absolute Gasteiger partial charge is 0.148 e. The molecule has 1 saturated heterocycles. The number of benzene rings is 1. The second-order valence-corrected chi connectivity index (χ2v) is 9.28. The van der Waals surface area contributed by atoms with E-state index in [9.17, 15) is 9.50 Å². The highest BCUT2D eigenvalue weighted by molar-refractivity contribution is 5.75. The molecule has 2 aromatic heterocycles. The Morgan fingerprint density at radius 3 is 2.40 bits per heavy atom. The number of rotatable bonds is 4. The molecule has 0 saturated carbocycles. The molecule has 0 atom stereocenters. The van der Waals surface area contributed by atoms with Gasteiger partial charge in [0, 0.05) is 46.1 Å². The van der Waals surface area contributed by atoms with E-state index in [1.54, 1.807) is 18.3 Å². The summed E-state index contributed by atoms with van der Waals surface area (Å²) in [5.41, 5.74) is 1.85. The third-order valence-electron chi connectivity index (χ3n) is 5.38. The van der Waals surface area contributed by atoms with Crippen LogP contribution in [0.5, 0.6) is 5.75 Å². The molecule has 8 heteroatoms. The summed E-state index contributed by atoms with van der Waals surface area (Å²) in [7, 11) is 0. The zero-order valence-electron chi connectivity index (χ0n) is 17.6. The molecular weight excluding hydrogens is 383 g/mol. The van der Waals surface area contributed by atoms with Crippen LogP contribution in [0.3, 0.4) is 0 Å². The first-order valence-corrected chi connectivity index (χ1v) is 10.0. The molecule has 1 fully saturated rings. The molecule has 0 radical (unpaired) electrons. The van der Waals surface area contributed by atoms with Gasteiger partial charge in [0.2, 0.25) is 0 Å². The maximum absolute atomic E-state index is 14.3. The van der Waals surface area contributed by atoms with E-state index in [0.717, 1.165) is 18.9 Å². The third-order valence-corrected chi connectivity index (χ3v) is 5.38. The first kappa shape index (κ1) is 20.3. The first-order valence-electron chi connectivity index (χ1n) is 10.0. The summed E-state index contributed by atoms with van der Waals surface area (Å²) in [5.74, 6) is -0.0365. The summed E-state index contributed by atoms with van der Waals surface area (Å²) in [5, 5.41) is 32.5. The number of anilines is 1. The standard InChI is InChI=1S/C22H27FN6O/c1-21(2)9-14(10-22(3,4)29-21)26-20-6-5-18(27-28-20)16-7-15(13-11-24-25-12-13)17(23)8-19(16)30/h5-8,11-12,14,29-30H,9-10H2,1-4H3,(H,24,25)(H,26,28). The van der Waals surface area contributed by atoms with Crippen molar-refractivity contribution in [3.05, 3.63) is 42.5 Å². The molecule has 4 N–H and O–H groups in total. The molecule has 4 rings (SSSR count). The Hall–Kier alpha value is -3.00. The summed E-state index contributed by atoms with van der Waals surface area (Å²) in [6, 6.07) is 6.53. The highest BCUT2D eigenvalue weighted by atomic mass is 19.1. The lowest BCUT2D eigenvalue weighted by Gasteiger charge is -2.46. The molecule has 3 aromatic rings. The Labute approximate surface area is 175 Å². The molecular formula is C22H27FN6O. The Kier molecular flexibility index (Phi) is 4.97. The average Bonchev–Trinajstić information content (AvgIpc) is 3.14. The number of phenolic OH excluding ortho intramolecular Hbond substituents is 1. The number of aromatic amines is 1. The Bertz CT molecular complexity index is 1010. The van der Waals surface area contributed by atoms with Crippen LogP contribution in [0.4, 0.5) is 10.2 Å². The van der Waals surface area contributed by atoms with Crippen molar-refractivity contribution >= 4 is 5.82 Å². The van der Waals surface area contributed by atoms with E-state index in [1.165, 1.54) is 6.20 Å². The van der Waals surface area contributed by atoms with Gasteiger partial charge in [-0.25, -0.2) is 4.39 Å². The van der Waals surface area contributed by atoms with E-state index in [-0.39, 0.29) is 22.9 Å². The third kappa shape index (κ3) is 4.28. The van der Waals surface area contributed by atoms with Gasteiger partial charge in [-0.3, -0.25) is 5.10 Å². The van der Waals surface area contributed by atoms with Gasteiger partial charge in [-0.1, -0.05) is 0 Å². The summed E-state index contributed by atoms with van der Waals surface area (Å²) in [6.07, 6.45) is 5.05. The van der Waals surface area contributed by atoms with E-state index < -0.39 is 5.82 Å². The van der Waals surface area contributed by atoms with Crippen LogP contribution in [0.2, 0.25) is 0 Å². The largest absolute Gasteiger partial charge is 0.507 e. The number of piperidine rings is 1. The van der Waals surface area contributed by atoms with E-state index in [4.69, 9.17) is 0 Å². The molecule has 3 heterocycles. The number of halogens is 1. The molecule has 0 aliphatic carbocycles. The SMILES string of the molecule is CC1(C)CC(Nc2ccc(-c3cc(-c4cn[nH]c4)c(F)cc3O)nn2)CC(C)(C)N1. The second-order valence-electron chi connectivity index (χ2n) is 9.28. The van der Waals surface area contributed by atoms with E-state index >= 15 is 0 Å². The highest BCUT2D eigenvalue weighted by Crippen LogP contribution is 2.35. The number of hydrogen-bond donors (Lipinski definition) is 4. The van der Waals surface area contributed by atoms with Crippen LogP contribution in [0.1, 0.15) is 40.5 Å². The summed E-state index contributed by atoms with van der Waals surface area (Å²) in [4.78, 5) is 0. The molecule has 1 aliphatic rings. The van der Waals surface area contributed by atoms with Crippen molar-refractivity contribution in [2.24, 2.45) is 0 Å². The lowest BCUT2D eigenvalue weighted by atomic mass is 9.79. The maximum Gasteiger partial charge on any atom is 0.148 e. The minimum Gasteiger partial charge on any atom is -0.507 e. The van der Waals surface area contributed by atoms with E-state index in [2.05, 4.69) is 58.7 Å². The van der Waals surface area contributed by atoms with Gasteiger partial charge in [0.1, 0.15) is 17.4 Å². The lowest BCUT2D eigenvalue weighted by Crippen LogP contribution is -2.60. The van der Waals surface area contributed by atoms with E-state index in [0.29, 0.717) is 28.2 Å². The minimum absolute atomic E-state index is 0.0240. The van der Waals surface area contributed by atoms with Crippen molar-refractivity contribution in [1.29, 1.82) is 0 Å². The van der Waals surface area contributed by atoms with Crippen LogP contribution in [0, 0.1) is 5.82 Å². The van der Waals surface area contributed by atoms with Gasteiger partial charge in [-0.15, -0.1) is 10.2 Å². The Balaban J connectivity index is 1.56. The topological polar surface area (TPSA) is 98.8 Å². The Morgan fingerprint density at radius 1 is 1.07 bits per heavy atom.